The van der Waals surface area contributed by atoms with Gasteiger partial charge in [0, 0.05) is 30.9 Å². The van der Waals surface area contributed by atoms with Crippen LogP contribution in [0.4, 0.5) is 0 Å². The van der Waals surface area contributed by atoms with Gasteiger partial charge >= 0.3 is 0 Å². The number of aromatic nitrogens is 4. The Bertz CT molecular complexity index is 809. The first-order chi connectivity index (χ1) is 11.2. The zero-order chi connectivity index (χ0) is 15.8. The molecule has 1 unspecified atom stereocenters. The Morgan fingerprint density at radius 3 is 2.70 bits per heavy atom. The largest absolute Gasteiger partial charge is 0.300 e. The molecule has 23 heavy (non-hydrogen) atoms. The van der Waals surface area contributed by atoms with E-state index in [-0.39, 0.29) is 0 Å². The maximum absolute atomic E-state index is 4.90. The van der Waals surface area contributed by atoms with E-state index in [2.05, 4.69) is 33.3 Å². The first-order valence-electron chi connectivity index (χ1n) is 8.23. The van der Waals surface area contributed by atoms with Gasteiger partial charge < -0.3 is 4.90 Å². The summed E-state index contributed by atoms with van der Waals surface area (Å²) in [5.74, 6) is 2.40. The molecule has 0 amide bonds. The molecule has 4 rings (SSSR count). The van der Waals surface area contributed by atoms with Crippen molar-refractivity contribution < 1.29 is 0 Å². The van der Waals surface area contributed by atoms with Crippen LogP contribution in [0.1, 0.15) is 32.0 Å². The van der Waals surface area contributed by atoms with Crippen LogP contribution in [0.3, 0.4) is 0 Å². The Morgan fingerprint density at radius 2 is 1.96 bits per heavy atom. The molecule has 0 aromatic carbocycles. The van der Waals surface area contributed by atoms with Crippen molar-refractivity contribution in [1.29, 1.82) is 0 Å². The summed E-state index contributed by atoms with van der Waals surface area (Å²) in [5, 5.41) is 0. The summed E-state index contributed by atoms with van der Waals surface area (Å²) in [7, 11) is 0. The molecular weight excluding hydrogens is 286 g/mol. The third-order valence-electron chi connectivity index (χ3n) is 4.64. The first-order valence-corrected chi connectivity index (χ1v) is 8.23. The lowest BCUT2D eigenvalue weighted by molar-refractivity contribution is 0.271. The number of pyridine rings is 2. The van der Waals surface area contributed by atoms with Crippen molar-refractivity contribution in [3.63, 3.8) is 0 Å². The van der Waals surface area contributed by atoms with Gasteiger partial charge in [0.1, 0.15) is 17.2 Å². The monoisotopic (exact) mass is 307 g/mol. The molecule has 1 aliphatic heterocycles. The molecule has 1 saturated heterocycles. The third-order valence-corrected chi connectivity index (χ3v) is 4.64. The predicted molar refractivity (Wildman–Crippen MR) is 90.7 cm³/mol. The van der Waals surface area contributed by atoms with Gasteiger partial charge in [-0.3, -0.25) is 4.57 Å². The number of likely N-dealkylation sites (tertiary alicyclic amines) is 1. The van der Waals surface area contributed by atoms with Gasteiger partial charge in [-0.25, -0.2) is 15.0 Å². The smallest absolute Gasteiger partial charge is 0.165 e. The minimum atomic E-state index is 0.425. The zero-order valence-electron chi connectivity index (χ0n) is 13.6. The molecule has 3 aromatic heterocycles. The Hall–Kier alpha value is -2.27. The molecule has 0 bridgehead atoms. The average Bonchev–Trinajstić information content (AvgIpc) is 3.20. The summed E-state index contributed by atoms with van der Waals surface area (Å²) < 4.78 is 2.13. The van der Waals surface area contributed by atoms with E-state index in [1.165, 1.54) is 0 Å². The maximum atomic E-state index is 4.90. The minimum absolute atomic E-state index is 0.425. The second kappa shape index (κ2) is 5.74. The molecule has 0 spiro atoms. The van der Waals surface area contributed by atoms with Crippen LogP contribution < -0.4 is 0 Å². The second-order valence-electron chi connectivity index (χ2n) is 6.41. The summed E-state index contributed by atoms with van der Waals surface area (Å²) in [4.78, 5) is 16.5. The third kappa shape index (κ3) is 2.51. The van der Waals surface area contributed by atoms with Crippen molar-refractivity contribution in [3.05, 3.63) is 48.5 Å². The lowest BCUT2D eigenvalue weighted by Gasteiger charge is -2.20. The van der Waals surface area contributed by atoms with E-state index in [1.807, 2.05) is 42.7 Å². The standard InChI is InChI=1S/C18H21N5/c1-13(2)22-11-8-14(12-22)17-21-15-6-5-10-20-18(15)23(17)16-7-3-4-9-19-16/h3-7,9-10,13-14H,8,11-12H2,1-2H3. The average molecular weight is 307 g/mol. The fraction of sp³-hybridized carbons (Fsp3) is 0.389. The van der Waals surface area contributed by atoms with E-state index >= 15 is 0 Å². The van der Waals surface area contributed by atoms with E-state index in [4.69, 9.17) is 4.98 Å². The topological polar surface area (TPSA) is 46.8 Å². The number of rotatable bonds is 3. The zero-order valence-corrected chi connectivity index (χ0v) is 13.6. The Balaban J connectivity index is 1.84. The van der Waals surface area contributed by atoms with Crippen molar-refractivity contribution >= 4 is 11.2 Å². The molecule has 3 aromatic rings. The van der Waals surface area contributed by atoms with Crippen molar-refractivity contribution in [2.24, 2.45) is 0 Å². The SMILES string of the molecule is CC(C)N1CCC(c2nc3cccnc3n2-c2ccccn2)C1. The molecule has 0 saturated carbocycles. The van der Waals surface area contributed by atoms with Crippen molar-refractivity contribution in [2.75, 3.05) is 13.1 Å². The molecule has 1 fully saturated rings. The summed E-state index contributed by atoms with van der Waals surface area (Å²) >= 11 is 0. The Morgan fingerprint density at radius 1 is 1.09 bits per heavy atom. The van der Waals surface area contributed by atoms with Gasteiger partial charge in [0.2, 0.25) is 0 Å². The molecule has 0 radical (unpaired) electrons. The highest BCUT2D eigenvalue weighted by molar-refractivity contribution is 5.73. The highest BCUT2D eigenvalue weighted by atomic mass is 15.2. The van der Waals surface area contributed by atoms with Crippen LogP contribution in [0, 0.1) is 0 Å². The lowest BCUT2D eigenvalue weighted by Crippen LogP contribution is -2.28. The van der Waals surface area contributed by atoms with Crippen LogP contribution in [0.15, 0.2) is 42.7 Å². The number of hydrogen-bond donors (Lipinski definition) is 0. The number of fused-ring (bicyclic) bond motifs is 1. The van der Waals surface area contributed by atoms with Crippen LogP contribution in [0.25, 0.3) is 17.0 Å². The molecule has 4 heterocycles. The molecule has 5 heteroatoms. The highest BCUT2D eigenvalue weighted by Crippen LogP contribution is 2.31. The molecule has 118 valence electrons. The van der Waals surface area contributed by atoms with E-state index in [9.17, 15) is 0 Å². The van der Waals surface area contributed by atoms with E-state index in [1.54, 1.807) is 0 Å². The molecular formula is C18H21N5. The fourth-order valence-corrected chi connectivity index (χ4v) is 3.38. The van der Waals surface area contributed by atoms with Crippen LogP contribution >= 0.6 is 0 Å². The number of hydrogen-bond acceptors (Lipinski definition) is 4. The quantitative estimate of drug-likeness (QED) is 0.746. The van der Waals surface area contributed by atoms with Gasteiger partial charge in [-0.1, -0.05) is 6.07 Å². The second-order valence-corrected chi connectivity index (χ2v) is 6.41. The van der Waals surface area contributed by atoms with Gasteiger partial charge in [0.25, 0.3) is 0 Å². The van der Waals surface area contributed by atoms with Gasteiger partial charge in [0.05, 0.1) is 0 Å². The van der Waals surface area contributed by atoms with Crippen molar-refractivity contribution in [2.45, 2.75) is 32.2 Å². The van der Waals surface area contributed by atoms with Gasteiger partial charge in [-0.05, 0) is 51.1 Å². The van der Waals surface area contributed by atoms with Crippen LogP contribution in [0.2, 0.25) is 0 Å². The summed E-state index contributed by atoms with van der Waals surface area (Å²) in [5.41, 5.74) is 1.83. The minimum Gasteiger partial charge on any atom is -0.300 e. The Labute approximate surface area is 136 Å². The molecule has 5 nitrogen and oxygen atoms in total. The van der Waals surface area contributed by atoms with Crippen molar-refractivity contribution in [3.8, 4) is 5.82 Å². The van der Waals surface area contributed by atoms with Crippen molar-refractivity contribution in [1.82, 2.24) is 24.4 Å². The first kappa shape index (κ1) is 14.3. The van der Waals surface area contributed by atoms with E-state index < -0.39 is 0 Å². The van der Waals surface area contributed by atoms with Crippen LogP contribution in [0.5, 0.6) is 0 Å². The molecule has 1 atom stereocenters. The maximum Gasteiger partial charge on any atom is 0.165 e. The lowest BCUT2D eigenvalue weighted by atomic mass is 10.1. The summed E-state index contributed by atoms with van der Waals surface area (Å²) in [6.45, 7) is 6.69. The fourth-order valence-electron chi connectivity index (χ4n) is 3.38. The summed E-state index contributed by atoms with van der Waals surface area (Å²) in [6, 6.07) is 10.5. The molecule has 1 aliphatic rings. The van der Waals surface area contributed by atoms with Gasteiger partial charge in [-0.15, -0.1) is 0 Å². The highest BCUT2D eigenvalue weighted by Gasteiger charge is 2.30. The van der Waals surface area contributed by atoms with Gasteiger partial charge in [-0.2, -0.15) is 0 Å². The van der Waals surface area contributed by atoms with E-state index in [0.29, 0.717) is 12.0 Å². The van der Waals surface area contributed by atoms with Crippen LogP contribution in [-0.2, 0) is 0 Å². The van der Waals surface area contributed by atoms with Gasteiger partial charge in [0.15, 0.2) is 5.65 Å². The summed E-state index contributed by atoms with van der Waals surface area (Å²) in [6.07, 6.45) is 4.78. The Kier molecular flexibility index (Phi) is 3.58. The predicted octanol–water partition coefficient (Wildman–Crippen LogP) is 3.01. The number of nitrogens with zero attached hydrogens (tertiary/aromatic N) is 5. The van der Waals surface area contributed by atoms with Crippen LogP contribution in [-0.4, -0.2) is 43.6 Å². The molecule has 0 N–H and O–H groups in total. The number of imidazole rings is 1. The molecule has 0 aliphatic carbocycles. The van der Waals surface area contributed by atoms with E-state index in [0.717, 1.165) is 42.3 Å². The normalized spacial score (nSPS) is 19.0.